The van der Waals surface area contributed by atoms with Crippen LogP contribution in [0.2, 0.25) is 0 Å². The average molecular weight is 322 g/mol. The molecule has 4 nitrogen and oxygen atoms in total. The molecule has 0 fully saturated rings. The van der Waals surface area contributed by atoms with Crippen molar-refractivity contribution in [2.75, 3.05) is 6.54 Å². The molecule has 0 aliphatic heterocycles. The van der Waals surface area contributed by atoms with E-state index < -0.39 is 6.10 Å². The van der Waals surface area contributed by atoms with E-state index in [1.807, 2.05) is 38.1 Å². The Morgan fingerprint density at radius 1 is 1.12 bits per heavy atom. The van der Waals surface area contributed by atoms with Gasteiger partial charge in [0.15, 0.2) is 0 Å². The number of nitrogens with zero attached hydrogens (tertiary/aromatic N) is 1. The van der Waals surface area contributed by atoms with Crippen LogP contribution in [0.15, 0.2) is 48.5 Å². The van der Waals surface area contributed by atoms with Gasteiger partial charge in [-0.1, -0.05) is 50.2 Å². The molecule has 2 rings (SSSR count). The summed E-state index contributed by atoms with van der Waals surface area (Å²) in [7, 11) is 0. The maximum atomic E-state index is 12.5. The van der Waals surface area contributed by atoms with E-state index in [4.69, 9.17) is 0 Å². The molecule has 1 atom stereocenters. The number of hydrogen-bond acceptors (Lipinski definition) is 3. The second kappa shape index (κ2) is 8.28. The average Bonchev–Trinajstić information content (AvgIpc) is 2.59. The molecule has 0 saturated carbocycles. The second-order valence-corrected chi connectivity index (χ2v) is 6.20. The molecule has 2 aromatic carbocycles. The van der Waals surface area contributed by atoms with Crippen LogP contribution in [0.3, 0.4) is 0 Å². The van der Waals surface area contributed by atoms with E-state index in [-0.39, 0.29) is 12.5 Å². The third kappa shape index (κ3) is 4.43. The lowest BCUT2D eigenvalue weighted by molar-refractivity contribution is 0.0901. The Labute approximate surface area is 142 Å². The molecule has 0 radical (unpaired) electrons. The van der Waals surface area contributed by atoms with Crippen LogP contribution in [-0.4, -0.2) is 23.7 Å². The summed E-state index contributed by atoms with van der Waals surface area (Å²) in [5, 5.41) is 22.0. The summed E-state index contributed by atoms with van der Waals surface area (Å²) in [6, 6.07) is 16.6. The molecule has 2 N–H and O–H groups in total. The fourth-order valence-corrected chi connectivity index (χ4v) is 2.66. The Morgan fingerprint density at radius 2 is 1.75 bits per heavy atom. The summed E-state index contributed by atoms with van der Waals surface area (Å²) in [5.74, 6) is 0.118. The van der Waals surface area contributed by atoms with Crippen LogP contribution in [0, 0.1) is 17.2 Å². The molecular weight excluding hydrogens is 300 g/mol. The summed E-state index contributed by atoms with van der Waals surface area (Å²) in [6.45, 7) is 4.27. The number of nitriles is 1. The van der Waals surface area contributed by atoms with Gasteiger partial charge in [0.05, 0.1) is 17.7 Å². The summed E-state index contributed by atoms with van der Waals surface area (Å²) in [5.41, 5.74) is 2.47. The molecule has 0 aliphatic carbocycles. The van der Waals surface area contributed by atoms with Crippen molar-refractivity contribution in [3.8, 4) is 17.2 Å². The van der Waals surface area contributed by atoms with Crippen molar-refractivity contribution in [2.24, 2.45) is 5.92 Å². The normalized spacial score (nSPS) is 11.8. The van der Waals surface area contributed by atoms with Crippen LogP contribution in [0.1, 0.15) is 36.2 Å². The van der Waals surface area contributed by atoms with E-state index in [0.29, 0.717) is 29.0 Å². The molecule has 0 spiro atoms. The minimum Gasteiger partial charge on any atom is -0.391 e. The maximum Gasteiger partial charge on any atom is 0.252 e. The Morgan fingerprint density at radius 3 is 2.42 bits per heavy atom. The minimum atomic E-state index is -0.562. The van der Waals surface area contributed by atoms with Crippen LogP contribution < -0.4 is 5.32 Å². The van der Waals surface area contributed by atoms with E-state index >= 15 is 0 Å². The Hall–Kier alpha value is -2.64. The molecule has 2 aromatic rings. The first-order chi connectivity index (χ1) is 11.5. The Bertz CT molecular complexity index is 747. The summed E-state index contributed by atoms with van der Waals surface area (Å²) < 4.78 is 0. The third-order valence-electron chi connectivity index (χ3n) is 3.75. The molecule has 4 heteroatoms. The summed E-state index contributed by atoms with van der Waals surface area (Å²) in [4.78, 5) is 12.5. The molecule has 1 amide bonds. The SMILES string of the molecule is CC(C)CC(O)CNC(=O)c1ccccc1-c1ccccc1C#N. The van der Waals surface area contributed by atoms with Gasteiger partial charge in [-0.3, -0.25) is 4.79 Å². The highest BCUT2D eigenvalue weighted by molar-refractivity contribution is 6.01. The molecule has 0 aromatic heterocycles. The molecule has 1 unspecified atom stereocenters. The second-order valence-electron chi connectivity index (χ2n) is 6.20. The van der Waals surface area contributed by atoms with Gasteiger partial charge in [-0.25, -0.2) is 0 Å². The van der Waals surface area contributed by atoms with Crippen LogP contribution in [-0.2, 0) is 0 Å². The third-order valence-corrected chi connectivity index (χ3v) is 3.75. The first kappa shape index (κ1) is 17.7. The van der Waals surface area contributed by atoms with Crippen molar-refractivity contribution < 1.29 is 9.90 Å². The van der Waals surface area contributed by atoms with Gasteiger partial charge < -0.3 is 10.4 Å². The zero-order valence-electron chi connectivity index (χ0n) is 14.0. The van der Waals surface area contributed by atoms with Crippen LogP contribution in [0.4, 0.5) is 0 Å². The quantitative estimate of drug-likeness (QED) is 0.856. The number of amides is 1. The van der Waals surface area contributed by atoms with E-state index in [9.17, 15) is 15.2 Å². The smallest absolute Gasteiger partial charge is 0.252 e. The zero-order valence-corrected chi connectivity index (χ0v) is 14.0. The van der Waals surface area contributed by atoms with Gasteiger partial charge in [0.1, 0.15) is 0 Å². The minimum absolute atomic E-state index is 0.214. The molecule has 124 valence electrons. The number of carbonyl (C=O) groups is 1. The number of aliphatic hydroxyl groups is 1. The van der Waals surface area contributed by atoms with E-state index in [1.165, 1.54) is 0 Å². The largest absolute Gasteiger partial charge is 0.391 e. The predicted octanol–water partition coefficient (Wildman–Crippen LogP) is 3.36. The molecular formula is C20H22N2O2. The first-order valence-electron chi connectivity index (χ1n) is 8.07. The van der Waals surface area contributed by atoms with Crippen LogP contribution in [0.5, 0.6) is 0 Å². The van der Waals surface area contributed by atoms with E-state index in [0.717, 1.165) is 5.56 Å². The number of hydrogen-bond donors (Lipinski definition) is 2. The van der Waals surface area contributed by atoms with Gasteiger partial charge in [-0.05, 0) is 30.0 Å². The summed E-state index contributed by atoms with van der Waals surface area (Å²) >= 11 is 0. The predicted molar refractivity (Wildman–Crippen MR) is 94.4 cm³/mol. The van der Waals surface area contributed by atoms with Gasteiger partial charge in [0, 0.05) is 17.7 Å². The van der Waals surface area contributed by atoms with E-state index in [1.54, 1.807) is 24.3 Å². The van der Waals surface area contributed by atoms with Gasteiger partial charge in [0.2, 0.25) is 0 Å². The zero-order chi connectivity index (χ0) is 17.5. The summed E-state index contributed by atoms with van der Waals surface area (Å²) in [6.07, 6.45) is 0.0756. The van der Waals surface area contributed by atoms with Gasteiger partial charge >= 0.3 is 0 Å². The monoisotopic (exact) mass is 322 g/mol. The standard InChI is InChI=1S/C20H22N2O2/c1-14(2)11-16(23)13-22-20(24)19-10-6-5-9-18(19)17-8-4-3-7-15(17)12-21/h3-10,14,16,23H,11,13H2,1-2H3,(H,22,24). The topological polar surface area (TPSA) is 73.1 Å². The number of nitrogens with one attached hydrogen (secondary N) is 1. The van der Waals surface area contributed by atoms with E-state index in [2.05, 4.69) is 11.4 Å². The highest BCUT2D eigenvalue weighted by atomic mass is 16.3. The number of aliphatic hydroxyl groups excluding tert-OH is 1. The fourth-order valence-electron chi connectivity index (χ4n) is 2.66. The lowest BCUT2D eigenvalue weighted by atomic mass is 9.95. The number of carbonyl (C=O) groups excluding carboxylic acids is 1. The Kier molecular flexibility index (Phi) is 6.11. The van der Waals surface area contributed by atoms with Crippen molar-refractivity contribution in [3.05, 3.63) is 59.7 Å². The number of rotatable bonds is 6. The molecule has 0 saturated heterocycles. The molecule has 0 heterocycles. The number of benzene rings is 2. The molecule has 24 heavy (non-hydrogen) atoms. The van der Waals surface area contributed by atoms with Crippen molar-refractivity contribution >= 4 is 5.91 Å². The van der Waals surface area contributed by atoms with Crippen LogP contribution in [0.25, 0.3) is 11.1 Å². The van der Waals surface area contributed by atoms with Crippen molar-refractivity contribution in [2.45, 2.75) is 26.4 Å². The van der Waals surface area contributed by atoms with Crippen molar-refractivity contribution in [3.63, 3.8) is 0 Å². The molecule has 0 aliphatic rings. The van der Waals surface area contributed by atoms with Gasteiger partial charge in [-0.2, -0.15) is 5.26 Å². The van der Waals surface area contributed by atoms with Crippen molar-refractivity contribution in [1.82, 2.24) is 5.32 Å². The van der Waals surface area contributed by atoms with Gasteiger partial charge in [-0.15, -0.1) is 0 Å². The molecule has 0 bridgehead atoms. The Balaban J connectivity index is 2.23. The van der Waals surface area contributed by atoms with Gasteiger partial charge in [0.25, 0.3) is 5.91 Å². The highest BCUT2D eigenvalue weighted by Gasteiger charge is 2.16. The van der Waals surface area contributed by atoms with Crippen molar-refractivity contribution in [1.29, 1.82) is 5.26 Å². The van der Waals surface area contributed by atoms with Crippen LogP contribution >= 0.6 is 0 Å². The maximum absolute atomic E-state index is 12.5. The highest BCUT2D eigenvalue weighted by Crippen LogP contribution is 2.26. The lowest BCUT2D eigenvalue weighted by Gasteiger charge is -2.15. The first-order valence-corrected chi connectivity index (χ1v) is 8.07. The fraction of sp³-hybridized carbons (Fsp3) is 0.300. The lowest BCUT2D eigenvalue weighted by Crippen LogP contribution is -2.33.